The lowest BCUT2D eigenvalue weighted by atomic mass is 10.00. The van der Waals surface area contributed by atoms with Crippen molar-refractivity contribution in [1.29, 1.82) is 0 Å². The van der Waals surface area contributed by atoms with Crippen molar-refractivity contribution in [1.82, 2.24) is 19.6 Å². The summed E-state index contributed by atoms with van der Waals surface area (Å²) in [6.07, 6.45) is 7.16. The molecule has 4 nitrogen and oxygen atoms in total. The molecule has 162 valence electrons. The molecule has 0 N–H and O–H groups in total. The summed E-state index contributed by atoms with van der Waals surface area (Å²) in [5, 5.41) is 0. The Balaban J connectivity index is -0.000000281. The highest BCUT2D eigenvalue weighted by atomic mass is 15.3. The van der Waals surface area contributed by atoms with Crippen LogP contribution in [0.5, 0.6) is 0 Å². The molecule has 5 heteroatoms. The molecule has 2 unspecified atom stereocenters. The fraction of sp³-hybridized carbons (Fsp3) is 0.909. The predicted molar refractivity (Wildman–Crippen MR) is 127 cm³/mol. The number of likely N-dealkylation sites (tertiary alicyclic amines) is 1. The predicted octanol–water partition coefficient (Wildman–Crippen LogP) is 3.10. The average molecular weight is 382 g/mol. The van der Waals surface area contributed by atoms with Gasteiger partial charge < -0.3 is 14.7 Å². The average Bonchev–Trinajstić information content (AvgIpc) is 2.99. The van der Waals surface area contributed by atoms with E-state index in [2.05, 4.69) is 94.7 Å². The van der Waals surface area contributed by atoms with E-state index in [1.807, 2.05) is 0 Å². The summed E-state index contributed by atoms with van der Waals surface area (Å²) in [6.45, 7) is 15.1. The molecular formula is C22H51BN4. The first kappa shape index (κ1) is 31.3. The minimum absolute atomic E-state index is 0. The van der Waals surface area contributed by atoms with Crippen LogP contribution in [-0.4, -0.2) is 108 Å². The third kappa shape index (κ3) is 20.2. The Bertz CT molecular complexity index is 309. The van der Waals surface area contributed by atoms with Gasteiger partial charge in [-0.25, -0.2) is 0 Å². The van der Waals surface area contributed by atoms with Gasteiger partial charge in [-0.15, -0.1) is 0 Å². The van der Waals surface area contributed by atoms with Crippen LogP contribution < -0.4 is 0 Å². The van der Waals surface area contributed by atoms with Gasteiger partial charge in [0.15, 0.2) is 0 Å². The molecule has 0 aromatic rings. The van der Waals surface area contributed by atoms with Gasteiger partial charge in [0.25, 0.3) is 0 Å². The third-order valence-corrected chi connectivity index (χ3v) is 5.21. The summed E-state index contributed by atoms with van der Waals surface area (Å²) in [6, 6.07) is 1.57. The van der Waals surface area contributed by atoms with Crippen LogP contribution in [-0.2, 0) is 0 Å². The second kappa shape index (κ2) is 17.7. The molecule has 3 heterocycles. The molecule has 0 spiro atoms. The van der Waals surface area contributed by atoms with Crippen molar-refractivity contribution in [3.8, 4) is 0 Å². The number of rotatable bonds is 1. The van der Waals surface area contributed by atoms with E-state index in [4.69, 9.17) is 0 Å². The van der Waals surface area contributed by atoms with Crippen LogP contribution in [0.1, 0.15) is 48.0 Å². The van der Waals surface area contributed by atoms with Gasteiger partial charge >= 0.3 is 0 Å². The van der Waals surface area contributed by atoms with E-state index in [1.165, 1.54) is 32.5 Å². The monoisotopic (exact) mass is 382 g/mol. The second-order valence-electron chi connectivity index (χ2n) is 8.52. The summed E-state index contributed by atoms with van der Waals surface area (Å²) in [7, 11) is 10.6. The Morgan fingerprint density at radius 2 is 1.22 bits per heavy atom. The molecule has 3 rings (SSSR count). The quantitative estimate of drug-likeness (QED) is 0.392. The number of piperidine rings is 1. The number of hydrogen-bond donors (Lipinski definition) is 0. The van der Waals surface area contributed by atoms with Crippen LogP contribution in [0.4, 0.5) is 0 Å². The van der Waals surface area contributed by atoms with Crippen molar-refractivity contribution in [2.75, 3.05) is 68.0 Å². The van der Waals surface area contributed by atoms with Gasteiger partial charge in [-0.3, -0.25) is 4.90 Å². The molecule has 0 aromatic heterocycles. The molecule has 2 atom stereocenters. The molecule has 2 radical (unpaired) electrons. The first-order valence-corrected chi connectivity index (χ1v) is 10.0. The largest absolute Gasteiger partial charge is 0.307 e. The maximum absolute atomic E-state index is 2.40. The summed E-state index contributed by atoms with van der Waals surface area (Å²) in [5.74, 6) is 0.978. The maximum Gasteiger partial charge on any atom is 0.0379 e. The molecule has 0 bridgehead atoms. The van der Waals surface area contributed by atoms with Gasteiger partial charge in [0.2, 0.25) is 0 Å². The smallest absolute Gasteiger partial charge is 0.0379 e. The van der Waals surface area contributed by atoms with E-state index in [0.29, 0.717) is 6.04 Å². The Morgan fingerprint density at radius 3 is 1.37 bits per heavy atom. The van der Waals surface area contributed by atoms with Crippen LogP contribution in [0.15, 0.2) is 12.2 Å². The second-order valence-corrected chi connectivity index (χ2v) is 8.52. The van der Waals surface area contributed by atoms with Gasteiger partial charge in [-0.2, -0.15) is 0 Å². The van der Waals surface area contributed by atoms with Gasteiger partial charge in [0.05, 0.1) is 0 Å². The van der Waals surface area contributed by atoms with Gasteiger partial charge in [0.1, 0.15) is 0 Å². The summed E-state index contributed by atoms with van der Waals surface area (Å²) >= 11 is 0. The Hall–Kier alpha value is -0.355. The summed E-state index contributed by atoms with van der Waals surface area (Å²) in [5.41, 5.74) is 0. The van der Waals surface area contributed by atoms with Crippen molar-refractivity contribution in [2.24, 2.45) is 5.92 Å². The molecule has 0 aliphatic carbocycles. The van der Waals surface area contributed by atoms with E-state index < -0.39 is 0 Å². The standard InChI is InChI=1S/C7H15N.C5H9N.C5H13N.C4H9N.CH4.BH/c1-7-3-5-8(2)6-4-7;1-6-4-2-3-5-6;1-5(2)6(3)4;1-4-3-5(4)2;;/h7H,3-6H2,1-2H3;2-3H,4-5H2,1H3;5H,1-4H3;4H,3H2,1-2H3;1H4;1H. The maximum atomic E-state index is 2.40. The molecule has 0 aromatic carbocycles. The van der Waals surface area contributed by atoms with Gasteiger partial charge in [-0.05, 0) is 87.9 Å². The van der Waals surface area contributed by atoms with Crippen molar-refractivity contribution >= 4 is 8.41 Å². The van der Waals surface area contributed by atoms with E-state index in [9.17, 15) is 0 Å². The molecule has 3 aliphatic heterocycles. The van der Waals surface area contributed by atoms with E-state index in [0.717, 1.165) is 25.0 Å². The highest BCUT2D eigenvalue weighted by Gasteiger charge is 2.22. The Morgan fingerprint density at radius 1 is 0.889 bits per heavy atom. The highest BCUT2D eigenvalue weighted by molar-refractivity contribution is 5.75. The van der Waals surface area contributed by atoms with Crippen LogP contribution in [0, 0.1) is 5.92 Å². The normalized spacial score (nSPS) is 24.4. The SMILES string of the molecule is C.CC(C)N(C)C.CC1CCN(C)CC1.CC1CN1C.CN1CC=CC1.[BH]. The Kier molecular flexibility index (Phi) is 20.6. The summed E-state index contributed by atoms with van der Waals surface area (Å²) < 4.78 is 0. The van der Waals surface area contributed by atoms with Crippen molar-refractivity contribution in [3.05, 3.63) is 12.2 Å². The van der Waals surface area contributed by atoms with Crippen LogP contribution >= 0.6 is 0 Å². The van der Waals surface area contributed by atoms with Gasteiger partial charge in [0, 0.05) is 40.1 Å². The first-order chi connectivity index (χ1) is 11.6. The molecule has 2 fully saturated rings. The zero-order valence-electron chi connectivity index (χ0n) is 19.3. The van der Waals surface area contributed by atoms with Crippen molar-refractivity contribution < 1.29 is 0 Å². The molecule has 2 saturated heterocycles. The van der Waals surface area contributed by atoms with Gasteiger partial charge in [-0.1, -0.05) is 26.5 Å². The molecule has 0 amide bonds. The topological polar surface area (TPSA) is 12.7 Å². The molecular weight excluding hydrogens is 331 g/mol. The van der Waals surface area contributed by atoms with Crippen molar-refractivity contribution in [2.45, 2.75) is 60.0 Å². The van der Waals surface area contributed by atoms with E-state index >= 15 is 0 Å². The van der Waals surface area contributed by atoms with Crippen LogP contribution in [0.2, 0.25) is 0 Å². The lowest BCUT2D eigenvalue weighted by molar-refractivity contribution is 0.230. The lowest BCUT2D eigenvalue weighted by Crippen LogP contribution is -2.28. The zero-order valence-corrected chi connectivity index (χ0v) is 19.3. The number of nitrogens with zero attached hydrogens (tertiary/aromatic N) is 4. The van der Waals surface area contributed by atoms with Crippen molar-refractivity contribution in [3.63, 3.8) is 0 Å². The van der Waals surface area contributed by atoms with E-state index in [-0.39, 0.29) is 15.8 Å². The zero-order chi connectivity index (χ0) is 19.4. The highest BCUT2D eigenvalue weighted by Crippen LogP contribution is 2.13. The minimum Gasteiger partial charge on any atom is -0.307 e. The van der Waals surface area contributed by atoms with Crippen LogP contribution in [0.3, 0.4) is 0 Å². The number of likely N-dealkylation sites (N-methyl/N-ethyl adjacent to an activating group) is 2. The minimum atomic E-state index is 0. The third-order valence-electron chi connectivity index (χ3n) is 5.21. The summed E-state index contributed by atoms with van der Waals surface area (Å²) in [4.78, 5) is 9.11. The molecule has 0 saturated carbocycles. The number of hydrogen-bond acceptors (Lipinski definition) is 4. The lowest BCUT2D eigenvalue weighted by Gasteiger charge is -2.26. The Labute approximate surface area is 174 Å². The fourth-order valence-electron chi connectivity index (χ4n) is 2.09. The first-order valence-electron chi connectivity index (χ1n) is 10.0. The fourth-order valence-corrected chi connectivity index (χ4v) is 2.09. The molecule has 3 aliphatic rings. The molecule has 27 heavy (non-hydrogen) atoms. The van der Waals surface area contributed by atoms with E-state index in [1.54, 1.807) is 0 Å². The van der Waals surface area contributed by atoms with Crippen LogP contribution in [0.25, 0.3) is 0 Å².